The van der Waals surface area contributed by atoms with E-state index in [1.807, 2.05) is 4.90 Å². The highest BCUT2D eigenvalue weighted by Crippen LogP contribution is 2.22. The second kappa shape index (κ2) is 6.63. The molecule has 0 spiro atoms. The Kier molecular flexibility index (Phi) is 4.55. The predicted molar refractivity (Wildman–Crippen MR) is 89.7 cm³/mol. The Morgan fingerprint density at radius 1 is 1.08 bits per heavy atom. The highest BCUT2D eigenvalue weighted by atomic mass is 16.2. The number of likely N-dealkylation sites (tertiary alicyclic amines) is 1. The number of hydrogen-bond acceptors (Lipinski definition) is 3. The Bertz CT molecular complexity index is 628. The molecule has 24 heavy (non-hydrogen) atoms. The topological polar surface area (TPSA) is 69.7 Å². The molecule has 0 bridgehead atoms. The van der Waals surface area contributed by atoms with Gasteiger partial charge in [-0.15, -0.1) is 0 Å². The van der Waals surface area contributed by atoms with Crippen LogP contribution in [0.5, 0.6) is 0 Å². The Hall–Kier alpha value is -2.37. The number of amides is 4. The number of hydrogen-bond donors (Lipinski definition) is 1. The van der Waals surface area contributed by atoms with Crippen molar-refractivity contribution < 1.29 is 14.4 Å². The standard InChI is InChI=1S/C18H23N3O3/c1-12-9-13(2)11-20(10-12)18(24)19-7-8-21-16(22)14-5-3-4-6-15(14)17(21)23/h3-6,12-13H,7-11H2,1-2H3,(H,19,24). The summed E-state index contributed by atoms with van der Waals surface area (Å²) in [5, 5.41) is 2.83. The SMILES string of the molecule is CC1CC(C)CN(C(=O)NCCN2C(=O)c3ccccc3C2=O)C1. The van der Waals surface area contributed by atoms with E-state index >= 15 is 0 Å². The van der Waals surface area contributed by atoms with E-state index in [9.17, 15) is 14.4 Å². The van der Waals surface area contributed by atoms with E-state index in [4.69, 9.17) is 0 Å². The number of nitrogens with one attached hydrogen (secondary N) is 1. The molecule has 1 fully saturated rings. The Morgan fingerprint density at radius 2 is 1.62 bits per heavy atom. The smallest absolute Gasteiger partial charge is 0.317 e. The zero-order valence-electron chi connectivity index (χ0n) is 14.1. The number of rotatable bonds is 3. The quantitative estimate of drug-likeness (QED) is 0.862. The molecular formula is C18H23N3O3. The van der Waals surface area contributed by atoms with Crippen LogP contribution in [-0.2, 0) is 0 Å². The Labute approximate surface area is 141 Å². The van der Waals surface area contributed by atoms with Gasteiger partial charge in [-0.25, -0.2) is 4.79 Å². The molecule has 2 unspecified atom stereocenters. The number of urea groups is 1. The largest absolute Gasteiger partial charge is 0.336 e. The van der Waals surface area contributed by atoms with E-state index in [0.717, 1.165) is 19.5 Å². The van der Waals surface area contributed by atoms with Crippen molar-refractivity contribution >= 4 is 17.8 Å². The first-order valence-corrected chi connectivity index (χ1v) is 8.45. The highest BCUT2D eigenvalue weighted by Gasteiger charge is 2.34. The molecule has 2 heterocycles. The van der Waals surface area contributed by atoms with Gasteiger partial charge in [-0.2, -0.15) is 0 Å². The van der Waals surface area contributed by atoms with Gasteiger partial charge >= 0.3 is 6.03 Å². The van der Waals surface area contributed by atoms with Crippen molar-refractivity contribution in [1.29, 1.82) is 0 Å². The lowest BCUT2D eigenvalue weighted by Crippen LogP contribution is -2.49. The van der Waals surface area contributed by atoms with Gasteiger partial charge in [0, 0.05) is 26.2 Å². The Balaban J connectivity index is 1.53. The number of benzene rings is 1. The molecule has 128 valence electrons. The molecule has 6 heteroatoms. The molecule has 0 radical (unpaired) electrons. The van der Waals surface area contributed by atoms with Crippen LogP contribution in [0.2, 0.25) is 0 Å². The van der Waals surface area contributed by atoms with Crippen LogP contribution in [0, 0.1) is 11.8 Å². The van der Waals surface area contributed by atoms with Gasteiger partial charge < -0.3 is 10.2 Å². The molecule has 0 saturated carbocycles. The lowest BCUT2D eigenvalue weighted by molar-refractivity contribution is 0.0654. The number of nitrogens with zero attached hydrogens (tertiary/aromatic N) is 2. The number of fused-ring (bicyclic) bond motifs is 1. The maximum atomic E-state index is 12.3. The van der Waals surface area contributed by atoms with Gasteiger partial charge in [-0.3, -0.25) is 14.5 Å². The fraction of sp³-hybridized carbons (Fsp3) is 0.500. The highest BCUT2D eigenvalue weighted by molar-refractivity contribution is 6.21. The van der Waals surface area contributed by atoms with Gasteiger partial charge in [0.1, 0.15) is 0 Å². The minimum atomic E-state index is -0.287. The maximum Gasteiger partial charge on any atom is 0.317 e. The summed E-state index contributed by atoms with van der Waals surface area (Å²) in [5.74, 6) is 0.418. The second-order valence-electron chi connectivity index (χ2n) is 6.89. The van der Waals surface area contributed by atoms with Gasteiger partial charge in [-0.1, -0.05) is 26.0 Å². The fourth-order valence-corrected chi connectivity index (χ4v) is 3.66. The van der Waals surface area contributed by atoms with Crippen molar-refractivity contribution in [2.75, 3.05) is 26.2 Å². The second-order valence-corrected chi connectivity index (χ2v) is 6.89. The third kappa shape index (κ3) is 3.13. The number of carbonyl (C=O) groups is 3. The zero-order chi connectivity index (χ0) is 17.3. The third-order valence-corrected chi connectivity index (χ3v) is 4.65. The van der Waals surface area contributed by atoms with E-state index < -0.39 is 0 Å². The van der Waals surface area contributed by atoms with Gasteiger partial charge in [0.05, 0.1) is 11.1 Å². The minimum Gasteiger partial charge on any atom is -0.336 e. The lowest BCUT2D eigenvalue weighted by atomic mass is 9.92. The van der Waals surface area contributed by atoms with E-state index in [0.29, 0.717) is 23.0 Å². The molecule has 1 aromatic carbocycles. The van der Waals surface area contributed by atoms with E-state index in [1.54, 1.807) is 24.3 Å². The van der Waals surface area contributed by atoms with E-state index in [-0.39, 0.29) is 30.9 Å². The van der Waals surface area contributed by atoms with Crippen LogP contribution in [0.25, 0.3) is 0 Å². The van der Waals surface area contributed by atoms with Crippen molar-refractivity contribution in [3.05, 3.63) is 35.4 Å². The summed E-state index contributed by atoms with van der Waals surface area (Å²) >= 11 is 0. The summed E-state index contributed by atoms with van der Waals surface area (Å²) in [6, 6.07) is 6.68. The first kappa shape index (κ1) is 16.5. The molecule has 4 amide bonds. The van der Waals surface area contributed by atoms with Crippen LogP contribution >= 0.6 is 0 Å². The molecule has 1 saturated heterocycles. The normalized spacial score (nSPS) is 23.4. The molecular weight excluding hydrogens is 306 g/mol. The molecule has 0 aliphatic carbocycles. The maximum absolute atomic E-state index is 12.3. The molecule has 0 aromatic heterocycles. The van der Waals surface area contributed by atoms with Gasteiger partial charge in [0.2, 0.25) is 0 Å². The molecule has 6 nitrogen and oxygen atoms in total. The van der Waals surface area contributed by atoms with Crippen LogP contribution in [0.15, 0.2) is 24.3 Å². The average Bonchev–Trinajstić information content (AvgIpc) is 2.79. The summed E-state index contributed by atoms with van der Waals surface area (Å²) in [6.07, 6.45) is 1.14. The molecule has 2 aliphatic heterocycles. The fourth-order valence-electron chi connectivity index (χ4n) is 3.66. The summed E-state index contributed by atoms with van der Waals surface area (Å²) in [7, 11) is 0. The molecule has 3 rings (SSSR count). The molecule has 1 N–H and O–H groups in total. The monoisotopic (exact) mass is 329 g/mol. The van der Waals surface area contributed by atoms with Crippen LogP contribution in [0.1, 0.15) is 41.0 Å². The molecule has 1 aromatic rings. The van der Waals surface area contributed by atoms with Crippen LogP contribution in [-0.4, -0.2) is 53.8 Å². The van der Waals surface area contributed by atoms with Gasteiger partial charge in [-0.05, 0) is 30.4 Å². The number of imide groups is 1. The Morgan fingerprint density at radius 3 is 2.17 bits per heavy atom. The summed E-state index contributed by atoms with van der Waals surface area (Å²) < 4.78 is 0. The number of piperidine rings is 1. The van der Waals surface area contributed by atoms with Gasteiger partial charge in [0.25, 0.3) is 11.8 Å². The number of carbonyl (C=O) groups excluding carboxylic acids is 3. The molecule has 2 atom stereocenters. The van der Waals surface area contributed by atoms with Gasteiger partial charge in [0.15, 0.2) is 0 Å². The van der Waals surface area contributed by atoms with Crippen molar-refractivity contribution in [3.63, 3.8) is 0 Å². The van der Waals surface area contributed by atoms with Crippen LogP contribution in [0.4, 0.5) is 4.79 Å². The van der Waals surface area contributed by atoms with E-state index in [2.05, 4.69) is 19.2 Å². The van der Waals surface area contributed by atoms with Crippen LogP contribution < -0.4 is 5.32 Å². The first-order chi connectivity index (χ1) is 11.5. The summed E-state index contributed by atoms with van der Waals surface area (Å²) in [4.78, 5) is 39.8. The zero-order valence-corrected chi connectivity index (χ0v) is 14.1. The summed E-state index contributed by atoms with van der Waals surface area (Å²) in [5.41, 5.74) is 0.875. The predicted octanol–water partition coefficient (Wildman–Crippen LogP) is 1.97. The van der Waals surface area contributed by atoms with E-state index in [1.165, 1.54) is 4.90 Å². The molecule has 2 aliphatic rings. The van der Waals surface area contributed by atoms with Crippen LogP contribution in [0.3, 0.4) is 0 Å². The van der Waals surface area contributed by atoms with Crippen molar-refractivity contribution in [2.45, 2.75) is 20.3 Å². The van der Waals surface area contributed by atoms with Crippen molar-refractivity contribution in [2.24, 2.45) is 11.8 Å². The lowest BCUT2D eigenvalue weighted by Gasteiger charge is -2.35. The summed E-state index contributed by atoms with van der Waals surface area (Å²) in [6.45, 7) is 6.26. The van der Waals surface area contributed by atoms with Crippen molar-refractivity contribution in [1.82, 2.24) is 15.1 Å². The average molecular weight is 329 g/mol. The minimum absolute atomic E-state index is 0.120. The first-order valence-electron chi connectivity index (χ1n) is 8.45. The van der Waals surface area contributed by atoms with Crippen molar-refractivity contribution in [3.8, 4) is 0 Å². The third-order valence-electron chi connectivity index (χ3n) is 4.65.